The van der Waals surface area contributed by atoms with Crippen molar-refractivity contribution in [2.45, 2.75) is 12.5 Å². The molecule has 33 heavy (non-hydrogen) atoms. The lowest BCUT2D eigenvalue weighted by atomic mass is 10.0. The fraction of sp³-hybridized carbons (Fsp3) is 0.192. The molecule has 0 fully saturated rings. The highest BCUT2D eigenvalue weighted by Crippen LogP contribution is 2.25. The van der Waals surface area contributed by atoms with E-state index in [-0.39, 0.29) is 18.0 Å². The van der Waals surface area contributed by atoms with E-state index in [9.17, 15) is 14.4 Å². The van der Waals surface area contributed by atoms with Gasteiger partial charge in [0.05, 0.1) is 19.9 Å². The molecule has 3 rings (SSSR count). The Balaban J connectivity index is 1.74. The van der Waals surface area contributed by atoms with Crippen LogP contribution < -0.4 is 14.8 Å². The van der Waals surface area contributed by atoms with Gasteiger partial charge in [-0.3, -0.25) is 9.59 Å². The molecule has 0 unspecified atom stereocenters. The van der Waals surface area contributed by atoms with Gasteiger partial charge in [0.2, 0.25) is 0 Å². The van der Waals surface area contributed by atoms with E-state index in [1.54, 1.807) is 78.9 Å². The standard InChI is InChI=1S/C26H25NO6/c1-31-20-12-8-11-19(15-20)24(29)17-33-26(30)22(16-23(28)18-9-4-3-5-10-18)27-21-13-6-7-14-25(21)32-2/h3-15,22,27H,16-17H2,1-2H3/t22-/m0/s1. The Hall–Kier alpha value is -4.13. The number of benzene rings is 3. The minimum absolute atomic E-state index is 0.158. The predicted molar refractivity (Wildman–Crippen MR) is 124 cm³/mol. The minimum Gasteiger partial charge on any atom is -0.497 e. The zero-order valence-corrected chi connectivity index (χ0v) is 18.4. The van der Waals surface area contributed by atoms with Crippen LogP contribution in [0.15, 0.2) is 78.9 Å². The molecule has 0 heterocycles. The molecule has 0 saturated carbocycles. The van der Waals surface area contributed by atoms with E-state index in [0.29, 0.717) is 28.3 Å². The largest absolute Gasteiger partial charge is 0.497 e. The van der Waals surface area contributed by atoms with Crippen molar-refractivity contribution < 1.29 is 28.6 Å². The number of carbonyl (C=O) groups is 3. The van der Waals surface area contributed by atoms with Gasteiger partial charge in [0.15, 0.2) is 18.2 Å². The van der Waals surface area contributed by atoms with Crippen LogP contribution in [0.25, 0.3) is 0 Å². The number of para-hydroxylation sites is 2. The highest BCUT2D eigenvalue weighted by molar-refractivity contribution is 6.01. The summed E-state index contributed by atoms with van der Waals surface area (Å²) in [4.78, 5) is 38.2. The van der Waals surface area contributed by atoms with Gasteiger partial charge in [0.25, 0.3) is 0 Å². The van der Waals surface area contributed by atoms with Gasteiger partial charge in [0.1, 0.15) is 17.5 Å². The van der Waals surface area contributed by atoms with Crippen LogP contribution in [-0.4, -0.2) is 44.4 Å². The number of ether oxygens (including phenoxy) is 3. The average molecular weight is 447 g/mol. The first-order valence-corrected chi connectivity index (χ1v) is 10.3. The van der Waals surface area contributed by atoms with Gasteiger partial charge in [-0.05, 0) is 24.3 Å². The number of carbonyl (C=O) groups excluding carboxylic acids is 3. The molecule has 0 aliphatic heterocycles. The Kier molecular flexibility index (Phi) is 8.18. The van der Waals surface area contributed by atoms with E-state index in [1.807, 2.05) is 0 Å². The molecule has 1 atom stereocenters. The van der Waals surface area contributed by atoms with Crippen LogP contribution in [0.5, 0.6) is 11.5 Å². The molecule has 170 valence electrons. The summed E-state index contributed by atoms with van der Waals surface area (Å²) in [5.74, 6) is -0.306. The molecular weight excluding hydrogens is 422 g/mol. The van der Waals surface area contributed by atoms with Crippen LogP contribution in [0.2, 0.25) is 0 Å². The number of ketones is 2. The first kappa shape index (κ1) is 23.5. The van der Waals surface area contributed by atoms with Gasteiger partial charge < -0.3 is 19.5 Å². The molecule has 0 aromatic heterocycles. The summed E-state index contributed by atoms with van der Waals surface area (Å²) in [6.45, 7) is -0.463. The third-order valence-corrected chi connectivity index (χ3v) is 4.94. The van der Waals surface area contributed by atoms with Crippen molar-refractivity contribution in [3.63, 3.8) is 0 Å². The van der Waals surface area contributed by atoms with Crippen LogP contribution in [0.3, 0.4) is 0 Å². The van der Waals surface area contributed by atoms with Gasteiger partial charge in [-0.15, -0.1) is 0 Å². The fourth-order valence-electron chi connectivity index (χ4n) is 3.19. The number of rotatable bonds is 11. The number of anilines is 1. The van der Waals surface area contributed by atoms with Crippen molar-refractivity contribution in [3.8, 4) is 11.5 Å². The van der Waals surface area contributed by atoms with E-state index in [0.717, 1.165) is 0 Å². The van der Waals surface area contributed by atoms with E-state index >= 15 is 0 Å². The van der Waals surface area contributed by atoms with Crippen molar-refractivity contribution in [3.05, 3.63) is 90.0 Å². The molecule has 0 spiro atoms. The molecule has 7 nitrogen and oxygen atoms in total. The second kappa shape index (κ2) is 11.5. The quantitative estimate of drug-likeness (QED) is 0.348. The van der Waals surface area contributed by atoms with Gasteiger partial charge >= 0.3 is 5.97 Å². The van der Waals surface area contributed by atoms with Crippen LogP contribution in [0.4, 0.5) is 5.69 Å². The monoisotopic (exact) mass is 447 g/mol. The molecule has 0 saturated heterocycles. The maximum Gasteiger partial charge on any atom is 0.329 e. The van der Waals surface area contributed by atoms with Crippen LogP contribution >= 0.6 is 0 Å². The molecule has 7 heteroatoms. The zero-order valence-electron chi connectivity index (χ0n) is 18.4. The van der Waals surface area contributed by atoms with E-state index in [4.69, 9.17) is 14.2 Å². The van der Waals surface area contributed by atoms with E-state index in [1.165, 1.54) is 14.2 Å². The van der Waals surface area contributed by atoms with Crippen LogP contribution in [0, 0.1) is 0 Å². The van der Waals surface area contributed by atoms with Gasteiger partial charge in [-0.2, -0.15) is 0 Å². The molecule has 0 aliphatic carbocycles. The Bertz CT molecular complexity index is 1110. The molecule has 0 bridgehead atoms. The SMILES string of the molecule is COc1cccc(C(=O)COC(=O)[C@H](CC(=O)c2ccccc2)Nc2ccccc2OC)c1. The Morgan fingerprint density at radius 3 is 2.21 bits per heavy atom. The Morgan fingerprint density at radius 1 is 0.788 bits per heavy atom. The molecule has 0 aliphatic rings. The second-order valence-electron chi connectivity index (χ2n) is 7.15. The minimum atomic E-state index is -1.02. The maximum absolute atomic E-state index is 12.9. The maximum atomic E-state index is 12.9. The number of Topliss-reactive ketones (excluding diaryl/α,β-unsaturated/α-hetero) is 2. The summed E-state index contributed by atoms with van der Waals surface area (Å²) >= 11 is 0. The Morgan fingerprint density at radius 2 is 1.48 bits per heavy atom. The lowest BCUT2D eigenvalue weighted by molar-refractivity contribution is -0.143. The molecule has 3 aromatic carbocycles. The summed E-state index contributed by atoms with van der Waals surface area (Å²) < 4.78 is 15.7. The highest BCUT2D eigenvalue weighted by atomic mass is 16.5. The van der Waals surface area contributed by atoms with Gasteiger partial charge in [-0.1, -0.05) is 54.6 Å². The topological polar surface area (TPSA) is 90.9 Å². The smallest absolute Gasteiger partial charge is 0.329 e. The molecule has 0 amide bonds. The normalized spacial score (nSPS) is 11.2. The van der Waals surface area contributed by atoms with Gasteiger partial charge in [-0.25, -0.2) is 4.79 Å². The summed E-state index contributed by atoms with van der Waals surface area (Å²) in [5.41, 5.74) is 1.36. The first-order valence-electron chi connectivity index (χ1n) is 10.3. The predicted octanol–water partition coefficient (Wildman–Crippen LogP) is 4.18. The second-order valence-corrected chi connectivity index (χ2v) is 7.15. The highest BCUT2D eigenvalue weighted by Gasteiger charge is 2.26. The van der Waals surface area contributed by atoms with E-state index < -0.39 is 18.6 Å². The summed E-state index contributed by atoms with van der Waals surface area (Å²) in [5, 5.41) is 3.03. The lowest BCUT2D eigenvalue weighted by Crippen LogP contribution is -2.35. The number of nitrogens with one attached hydrogen (secondary N) is 1. The molecule has 0 radical (unpaired) electrons. The summed E-state index contributed by atoms with van der Waals surface area (Å²) in [6, 6.07) is 21.3. The summed E-state index contributed by atoms with van der Waals surface area (Å²) in [7, 11) is 3.01. The summed E-state index contributed by atoms with van der Waals surface area (Å²) in [6.07, 6.45) is -0.158. The molecule has 1 N–H and O–H groups in total. The number of hydrogen-bond donors (Lipinski definition) is 1. The number of hydrogen-bond acceptors (Lipinski definition) is 7. The number of esters is 1. The van der Waals surface area contributed by atoms with Gasteiger partial charge in [0, 0.05) is 17.5 Å². The van der Waals surface area contributed by atoms with Crippen LogP contribution in [-0.2, 0) is 9.53 Å². The Labute approximate surface area is 192 Å². The van der Waals surface area contributed by atoms with Crippen LogP contribution in [0.1, 0.15) is 27.1 Å². The zero-order chi connectivity index (χ0) is 23.6. The fourth-order valence-corrected chi connectivity index (χ4v) is 3.19. The van der Waals surface area contributed by atoms with Crippen molar-refractivity contribution in [1.29, 1.82) is 0 Å². The molecule has 3 aromatic rings. The number of methoxy groups -OCH3 is 2. The van der Waals surface area contributed by atoms with Crippen molar-refractivity contribution in [2.24, 2.45) is 0 Å². The lowest BCUT2D eigenvalue weighted by Gasteiger charge is -2.19. The van der Waals surface area contributed by atoms with Crippen molar-refractivity contribution >= 4 is 23.2 Å². The van der Waals surface area contributed by atoms with Crippen molar-refractivity contribution in [2.75, 3.05) is 26.1 Å². The third-order valence-electron chi connectivity index (χ3n) is 4.94. The molecular formula is C26H25NO6. The van der Waals surface area contributed by atoms with E-state index in [2.05, 4.69) is 5.32 Å². The average Bonchev–Trinajstić information content (AvgIpc) is 2.87. The first-order chi connectivity index (χ1) is 16.0. The third kappa shape index (κ3) is 6.43. The van der Waals surface area contributed by atoms with Crippen molar-refractivity contribution in [1.82, 2.24) is 0 Å².